The zero-order chi connectivity index (χ0) is 14.5. The lowest BCUT2D eigenvalue weighted by Crippen LogP contribution is -2.39. The monoisotopic (exact) mass is 290 g/mol. The third kappa shape index (κ3) is 2.64. The molecule has 0 unspecified atom stereocenters. The molecule has 0 bridgehead atoms. The first-order valence-corrected chi connectivity index (χ1v) is 13.5. The van der Waals surface area contributed by atoms with Gasteiger partial charge in [-0.15, -0.1) is 0 Å². The number of hydrogen-bond donors (Lipinski definition) is 0. The highest BCUT2D eigenvalue weighted by atomic mass is 28.4. The van der Waals surface area contributed by atoms with Gasteiger partial charge >= 0.3 is 0 Å². The van der Waals surface area contributed by atoms with Crippen LogP contribution < -0.4 is 0 Å². The maximum absolute atomic E-state index is 6.54. The molecule has 1 aliphatic heterocycles. The van der Waals surface area contributed by atoms with E-state index in [9.17, 15) is 0 Å². The third-order valence-electron chi connectivity index (χ3n) is 3.78. The minimum absolute atomic E-state index is 0.0919. The molecular formula is C16H26OSi2. The van der Waals surface area contributed by atoms with Gasteiger partial charge in [-0.25, -0.2) is 0 Å². The Morgan fingerprint density at radius 2 is 1.53 bits per heavy atom. The first-order chi connectivity index (χ1) is 8.56. The van der Waals surface area contributed by atoms with Crippen LogP contribution in [-0.2, 0) is 4.43 Å². The van der Waals surface area contributed by atoms with Gasteiger partial charge in [-0.1, -0.05) is 50.0 Å². The van der Waals surface area contributed by atoms with Gasteiger partial charge in [-0.05, 0) is 42.9 Å². The highest BCUT2D eigenvalue weighted by Crippen LogP contribution is 2.48. The molecule has 1 heterocycles. The fourth-order valence-electron chi connectivity index (χ4n) is 3.72. The van der Waals surface area contributed by atoms with Crippen molar-refractivity contribution in [3.63, 3.8) is 0 Å². The number of hydrogen-bond acceptors (Lipinski definition) is 1. The van der Waals surface area contributed by atoms with Crippen LogP contribution in [0, 0.1) is 0 Å². The van der Waals surface area contributed by atoms with Crippen LogP contribution in [0.3, 0.4) is 0 Å². The third-order valence-corrected chi connectivity index (χ3v) is 9.14. The molecule has 0 spiro atoms. The molecule has 3 heteroatoms. The first kappa shape index (κ1) is 14.8. The zero-order valence-electron chi connectivity index (χ0n) is 13.3. The van der Waals surface area contributed by atoms with Crippen molar-refractivity contribution in [3.8, 4) is 0 Å². The summed E-state index contributed by atoms with van der Waals surface area (Å²) >= 11 is 0. The molecule has 0 fully saturated rings. The molecule has 0 saturated heterocycles. The van der Waals surface area contributed by atoms with Crippen LogP contribution in [-0.4, -0.2) is 22.0 Å². The molecule has 0 saturated carbocycles. The van der Waals surface area contributed by atoms with E-state index in [0.29, 0.717) is 0 Å². The average molecular weight is 291 g/mol. The Morgan fingerprint density at radius 3 is 2.00 bits per heavy atom. The van der Waals surface area contributed by atoms with E-state index in [-0.39, 0.29) is 5.60 Å². The van der Waals surface area contributed by atoms with Crippen molar-refractivity contribution in [2.24, 2.45) is 0 Å². The number of benzene rings is 1. The summed E-state index contributed by atoms with van der Waals surface area (Å²) in [7, 11) is -3.21. The van der Waals surface area contributed by atoms with Gasteiger partial charge in [-0.2, -0.15) is 0 Å². The topological polar surface area (TPSA) is 9.23 Å². The first-order valence-electron chi connectivity index (χ1n) is 7.07. The Kier molecular flexibility index (Phi) is 3.44. The largest absolute Gasteiger partial charge is 0.405 e. The quantitative estimate of drug-likeness (QED) is 0.706. The van der Waals surface area contributed by atoms with Crippen LogP contribution in [0.1, 0.15) is 19.4 Å². The van der Waals surface area contributed by atoms with E-state index in [1.54, 1.807) is 10.4 Å². The van der Waals surface area contributed by atoms with Crippen LogP contribution in [0.25, 0.3) is 5.20 Å². The summed E-state index contributed by atoms with van der Waals surface area (Å²) in [4.78, 5) is 0. The minimum Gasteiger partial charge on any atom is -0.405 e. The Bertz CT molecular complexity index is 507. The van der Waals surface area contributed by atoms with Crippen molar-refractivity contribution in [2.75, 3.05) is 0 Å². The molecule has 2 rings (SSSR count). The van der Waals surface area contributed by atoms with E-state index in [1.165, 1.54) is 5.56 Å². The standard InChI is InChI=1S/C16H26OSi2/c1-16(2)15(18(3,4)5)14(19(6,7)17-16)13-11-9-8-10-12-13/h8-12H,1-7H3. The maximum Gasteiger partial charge on any atom is 0.219 e. The highest BCUT2D eigenvalue weighted by molar-refractivity contribution is 6.96. The fourth-order valence-corrected chi connectivity index (χ4v) is 11.8. The number of rotatable bonds is 2. The molecule has 0 radical (unpaired) electrons. The van der Waals surface area contributed by atoms with Crippen LogP contribution in [0.5, 0.6) is 0 Å². The Hall–Kier alpha value is -0.646. The Labute approximate surface area is 119 Å². The van der Waals surface area contributed by atoms with Crippen molar-refractivity contribution in [2.45, 2.75) is 52.2 Å². The van der Waals surface area contributed by atoms with Gasteiger partial charge < -0.3 is 4.43 Å². The van der Waals surface area contributed by atoms with Crippen molar-refractivity contribution in [3.05, 3.63) is 41.1 Å². The lowest BCUT2D eigenvalue weighted by Gasteiger charge is -2.32. The molecule has 1 aromatic carbocycles. The van der Waals surface area contributed by atoms with Crippen molar-refractivity contribution >= 4 is 21.6 Å². The van der Waals surface area contributed by atoms with Gasteiger partial charge in [0.1, 0.15) is 0 Å². The summed E-state index contributed by atoms with van der Waals surface area (Å²) in [5.41, 5.74) is 1.29. The summed E-state index contributed by atoms with van der Waals surface area (Å²) in [5.74, 6) is 0. The maximum atomic E-state index is 6.54. The van der Waals surface area contributed by atoms with Gasteiger partial charge in [0.2, 0.25) is 8.32 Å². The van der Waals surface area contributed by atoms with Crippen LogP contribution in [0.4, 0.5) is 0 Å². The van der Waals surface area contributed by atoms with Crippen LogP contribution in [0.15, 0.2) is 35.5 Å². The Morgan fingerprint density at radius 1 is 1.00 bits per heavy atom. The molecule has 1 nitrogen and oxygen atoms in total. The van der Waals surface area contributed by atoms with Gasteiger partial charge in [-0.3, -0.25) is 0 Å². The van der Waals surface area contributed by atoms with Gasteiger partial charge in [0.15, 0.2) is 0 Å². The molecule has 0 atom stereocenters. The second-order valence-electron chi connectivity index (χ2n) is 7.49. The van der Waals surface area contributed by atoms with Crippen molar-refractivity contribution in [1.82, 2.24) is 0 Å². The molecule has 19 heavy (non-hydrogen) atoms. The molecule has 1 aliphatic rings. The van der Waals surface area contributed by atoms with E-state index in [0.717, 1.165) is 0 Å². The summed E-state index contributed by atoms with van der Waals surface area (Å²) < 4.78 is 6.54. The highest BCUT2D eigenvalue weighted by Gasteiger charge is 2.50. The van der Waals surface area contributed by atoms with E-state index in [2.05, 4.69) is 76.9 Å². The second-order valence-corrected chi connectivity index (χ2v) is 16.2. The lowest BCUT2D eigenvalue weighted by atomic mass is 10.1. The molecular weight excluding hydrogens is 264 g/mol. The summed E-state index contributed by atoms with van der Waals surface area (Å²) in [6, 6.07) is 10.9. The molecule has 0 aliphatic carbocycles. The van der Waals surface area contributed by atoms with E-state index < -0.39 is 16.4 Å². The van der Waals surface area contributed by atoms with E-state index in [1.807, 2.05) is 0 Å². The summed E-state index contributed by atoms with van der Waals surface area (Å²) in [5, 5.41) is 3.17. The van der Waals surface area contributed by atoms with Gasteiger partial charge in [0, 0.05) is 0 Å². The lowest BCUT2D eigenvalue weighted by molar-refractivity contribution is 0.162. The van der Waals surface area contributed by atoms with Crippen molar-refractivity contribution in [1.29, 1.82) is 0 Å². The molecule has 1 aromatic rings. The van der Waals surface area contributed by atoms with Crippen molar-refractivity contribution < 1.29 is 4.43 Å². The normalized spacial score (nSPS) is 21.8. The molecule has 104 valence electrons. The molecule has 0 N–H and O–H groups in total. The second kappa shape index (κ2) is 4.43. The molecule has 0 aromatic heterocycles. The van der Waals surface area contributed by atoms with Gasteiger partial charge in [0.25, 0.3) is 0 Å². The van der Waals surface area contributed by atoms with Crippen LogP contribution >= 0.6 is 0 Å². The predicted molar refractivity (Wildman–Crippen MR) is 89.4 cm³/mol. The van der Waals surface area contributed by atoms with E-state index >= 15 is 0 Å². The zero-order valence-corrected chi connectivity index (χ0v) is 15.3. The fraction of sp³-hybridized carbons (Fsp3) is 0.500. The summed E-state index contributed by atoms with van der Waals surface area (Å²) in [6.07, 6.45) is 0. The predicted octanol–water partition coefficient (Wildman–Crippen LogP) is 4.87. The Balaban J connectivity index is 2.74. The van der Waals surface area contributed by atoms with E-state index in [4.69, 9.17) is 4.43 Å². The minimum atomic E-state index is -1.80. The smallest absolute Gasteiger partial charge is 0.219 e. The van der Waals surface area contributed by atoms with Gasteiger partial charge in [0.05, 0.1) is 13.7 Å². The molecule has 0 amide bonds. The SMILES string of the molecule is CC1(C)O[Si](C)(C)C(c2ccccc2)=C1[Si](C)(C)C. The average Bonchev–Trinajstić information content (AvgIpc) is 2.43. The van der Waals surface area contributed by atoms with Crippen LogP contribution in [0.2, 0.25) is 32.7 Å². The summed E-state index contributed by atoms with van der Waals surface area (Å²) in [6.45, 7) is 16.5.